The topological polar surface area (TPSA) is 46.5 Å². The molecule has 0 saturated carbocycles. The number of aryl methyl sites for hydroxylation is 1. The second kappa shape index (κ2) is 5.80. The summed E-state index contributed by atoms with van der Waals surface area (Å²) in [6.07, 6.45) is 0.644. The number of aliphatic hydroxyl groups excluding tert-OH is 1. The van der Waals surface area contributed by atoms with Crippen molar-refractivity contribution in [1.29, 1.82) is 0 Å². The lowest BCUT2D eigenvalue weighted by atomic mass is 10.0. The number of carbonyl (C=O) groups is 1. The van der Waals surface area contributed by atoms with Gasteiger partial charge in [-0.25, -0.2) is 4.39 Å². The van der Waals surface area contributed by atoms with Gasteiger partial charge in [0.1, 0.15) is 5.82 Å². The first-order valence-corrected chi connectivity index (χ1v) is 6.12. The number of fused-ring (bicyclic) bond motifs is 1. The SMILES string of the molecule is CCc1ccc2ccc(CC(=O)OCO)c(F)c2c1. The number of esters is 1. The average Bonchev–Trinajstić information content (AvgIpc) is 2.42. The molecule has 2 rings (SSSR count). The van der Waals surface area contributed by atoms with Crippen LogP contribution in [0.4, 0.5) is 4.39 Å². The molecular weight excluding hydrogens is 247 g/mol. The number of rotatable bonds is 4. The van der Waals surface area contributed by atoms with E-state index in [0.717, 1.165) is 17.4 Å². The van der Waals surface area contributed by atoms with Gasteiger partial charge in [0.05, 0.1) is 6.42 Å². The summed E-state index contributed by atoms with van der Waals surface area (Å²) in [4.78, 5) is 11.3. The summed E-state index contributed by atoms with van der Waals surface area (Å²) in [7, 11) is 0. The number of benzene rings is 2. The van der Waals surface area contributed by atoms with Gasteiger partial charge in [0.2, 0.25) is 0 Å². The number of carbonyl (C=O) groups excluding carboxylic acids is 1. The Balaban J connectivity index is 2.41. The molecule has 19 heavy (non-hydrogen) atoms. The summed E-state index contributed by atoms with van der Waals surface area (Å²) in [6, 6.07) is 8.97. The number of halogens is 1. The van der Waals surface area contributed by atoms with Crippen molar-refractivity contribution in [1.82, 2.24) is 0 Å². The number of ether oxygens (including phenoxy) is 1. The standard InChI is InChI=1S/C15H15FO3/c1-2-10-3-4-11-5-6-12(8-14(18)19-9-17)15(16)13(11)7-10/h3-7,17H,2,8-9H2,1H3. The molecular formula is C15H15FO3. The first kappa shape index (κ1) is 13.5. The van der Waals surface area contributed by atoms with Crippen LogP contribution in [-0.4, -0.2) is 17.9 Å². The summed E-state index contributed by atoms with van der Waals surface area (Å²) in [5, 5.41) is 9.80. The van der Waals surface area contributed by atoms with Crippen LogP contribution in [0.2, 0.25) is 0 Å². The maximum absolute atomic E-state index is 14.3. The van der Waals surface area contributed by atoms with E-state index in [1.54, 1.807) is 18.2 Å². The molecule has 100 valence electrons. The van der Waals surface area contributed by atoms with Crippen molar-refractivity contribution in [3.05, 3.63) is 47.3 Å². The molecule has 0 aliphatic heterocycles. The largest absolute Gasteiger partial charge is 0.438 e. The highest BCUT2D eigenvalue weighted by Crippen LogP contribution is 2.23. The van der Waals surface area contributed by atoms with E-state index in [1.165, 1.54) is 0 Å². The normalized spacial score (nSPS) is 10.7. The third-order valence-corrected chi connectivity index (χ3v) is 3.07. The highest BCUT2D eigenvalue weighted by molar-refractivity contribution is 5.85. The van der Waals surface area contributed by atoms with E-state index >= 15 is 0 Å². The minimum atomic E-state index is -0.686. The van der Waals surface area contributed by atoms with E-state index in [0.29, 0.717) is 5.39 Å². The molecule has 3 nitrogen and oxygen atoms in total. The van der Waals surface area contributed by atoms with Crippen molar-refractivity contribution in [2.24, 2.45) is 0 Å². The molecule has 2 aromatic rings. The van der Waals surface area contributed by atoms with Crippen LogP contribution in [0.25, 0.3) is 10.8 Å². The van der Waals surface area contributed by atoms with E-state index in [1.807, 2.05) is 19.1 Å². The molecule has 4 heteroatoms. The van der Waals surface area contributed by atoms with E-state index in [9.17, 15) is 9.18 Å². The van der Waals surface area contributed by atoms with E-state index < -0.39 is 18.6 Å². The Kier molecular flexibility index (Phi) is 4.12. The molecule has 0 saturated heterocycles. The number of aliphatic hydroxyl groups is 1. The Morgan fingerprint density at radius 3 is 2.74 bits per heavy atom. The molecule has 0 aliphatic rings. The fourth-order valence-corrected chi connectivity index (χ4v) is 2.01. The Labute approximate surface area is 110 Å². The van der Waals surface area contributed by atoms with E-state index in [-0.39, 0.29) is 12.0 Å². The Bertz CT molecular complexity index is 608. The zero-order chi connectivity index (χ0) is 13.8. The van der Waals surface area contributed by atoms with Crippen LogP contribution in [0.1, 0.15) is 18.1 Å². The van der Waals surface area contributed by atoms with Gasteiger partial charge < -0.3 is 9.84 Å². The average molecular weight is 262 g/mol. The molecule has 1 N–H and O–H groups in total. The highest BCUT2D eigenvalue weighted by atomic mass is 19.1. The monoisotopic (exact) mass is 262 g/mol. The molecule has 0 radical (unpaired) electrons. The molecule has 0 fully saturated rings. The van der Waals surface area contributed by atoms with Gasteiger partial charge in [0.15, 0.2) is 6.79 Å². The Morgan fingerprint density at radius 2 is 2.05 bits per heavy atom. The van der Waals surface area contributed by atoms with Gasteiger partial charge in [-0.3, -0.25) is 4.79 Å². The van der Waals surface area contributed by atoms with Crippen molar-refractivity contribution < 1.29 is 19.0 Å². The van der Waals surface area contributed by atoms with Gasteiger partial charge >= 0.3 is 5.97 Å². The molecule has 0 aromatic heterocycles. The molecule has 0 amide bonds. The molecule has 0 spiro atoms. The first-order valence-electron chi connectivity index (χ1n) is 6.12. The van der Waals surface area contributed by atoms with Gasteiger partial charge in [-0.2, -0.15) is 0 Å². The summed E-state index contributed by atoms with van der Waals surface area (Å²) in [5.74, 6) is -1.05. The Hall–Kier alpha value is -1.94. The van der Waals surface area contributed by atoms with Crippen molar-refractivity contribution in [2.75, 3.05) is 6.79 Å². The van der Waals surface area contributed by atoms with E-state index in [2.05, 4.69) is 4.74 Å². The molecule has 0 aliphatic carbocycles. The zero-order valence-electron chi connectivity index (χ0n) is 10.6. The van der Waals surface area contributed by atoms with Crippen LogP contribution in [0.3, 0.4) is 0 Å². The van der Waals surface area contributed by atoms with Crippen LogP contribution < -0.4 is 0 Å². The number of hydrogen-bond acceptors (Lipinski definition) is 3. The lowest BCUT2D eigenvalue weighted by Gasteiger charge is -2.07. The Morgan fingerprint density at radius 1 is 1.32 bits per heavy atom. The fourth-order valence-electron chi connectivity index (χ4n) is 2.01. The number of hydrogen-bond donors (Lipinski definition) is 1. The summed E-state index contributed by atoms with van der Waals surface area (Å²) < 4.78 is 18.7. The van der Waals surface area contributed by atoms with Crippen LogP contribution >= 0.6 is 0 Å². The molecule has 0 unspecified atom stereocenters. The van der Waals surface area contributed by atoms with Crippen LogP contribution in [0.5, 0.6) is 0 Å². The zero-order valence-corrected chi connectivity index (χ0v) is 10.6. The van der Waals surface area contributed by atoms with Crippen molar-refractivity contribution in [3.63, 3.8) is 0 Å². The van der Waals surface area contributed by atoms with Crippen LogP contribution in [0.15, 0.2) is 30.3 Å². The molecule has 0 bridgehead atoms. The van der Waals surface area contributed by atoms with Crippen molar-refractivity contribution in [3.8, 4) is 0 Å². The smallest absolute Gasteiger partial charge is 0.312 e. The van der Waals surface area contributed by atoms with Gasteiger partial charge in [0.25, 0.3) is 0 Å². The predicted molar refractivity (Wildman–Crippen MR) is 70.2 cm³/mol. The predicted octanol–water partition coefficient (Wildman–Crippen LogP) is 2.58. The molecule has 0 heterocycles. The van der Waals surface area contributed by atoms with E-state index in [4.69, 9.17) is 5.11 Å². The van der Waals surface area contributed by atoms with Crippen molar-refractivity contribution >= 4 is 16.7 Å². The maximum Gasteiger partial charge on any atom is 0.312 e. The lowest BCUT2D eigenvalue weighted by molar-refractivity contribution is -0.150. The van der Waals surface area contributed by atoms with Crippen molar-refractivity contribution in [2.45, 2.75) is 19.8 Å². The second-order valence-electron chi connectivity index (χ2n) is 4.27. The lowest BCUT2D eigenvalue weighted by Crippen LogP contribution is -2.09. The molecule has 2 aromatic carbocycles. The van der Waals surface area contributed by atoms with Crippen LogP contribution in [-0.2, 0) is 22.4 Å². The maximum atomic E-state index is 14.3. The van der Waals surface area contributed by atoms with Crippen LogP contribution in [0, 0.1) is 5.82 Å². The third-order valence-electron chi connectivity index (χ3n) is 3.07. The van der Waals surface area contributed by atoms with Gasteiger partial charge in [-0.1, -0.05) is 31.2 Å². The minimum absolute atomic E-state index is 0.182. The summed E-state index contributed by atoms with van der Waals surface area (Å²) in [5.41, 5.74) is 1.32. The van der Waals surface area contributed by atoms with Gasteiger partial charge in [-0.05, 0) is 29.0 Å². The fraction of sp³-hybridized carbons (Fsp3) is 0.267. The minimum Gasteiger partial charge on any atom is -0.438 e. The second-order valence-corrected chi connectivity index (χ2v) is 4.27. The summed E-state index contributed by atoms with van der Waals surface area (Å²) >= 11 is 0. The quantitative estimate of drug-likeness (QED) is 0.680. The first-order chi connectivity index (χ1) is 9.15. The summed E-state index contributed by atoms with van der Waals surface area (Å²) in [6.45, 7) is 1.32. The molecule has 0 atom stereocenters. The van der Waals surface area contributed by atoms with Gasteiger partial charge in [-0.15, -0.1) is 0 Å². The third kappa shape index (κ3) is 2.90. The highest BCUT2D eigenvalue weighted by Gasteiger charge is 2.12. The van der Waals surface area contributed by atoms with Gasteiger partial charge in [0, 0.05) is 5.39 Å².